The molecule has 0 radical (unpaired) electrons. The van der Waals surface area contributed by atoms with Crippen LogP contribution in [0.25, 0.3) is 11.3 Å². The highest BCUT2D eigenvalue weighted by Crippen LogP contribution is 2.36. The van der Waals surface area contributed by atoms with Gasteiger partial charge in [0.1, 0.15) is 29.8 Å². The molecule has 0 saturated carbocycles. The number of benzene rings is 1. The summed E-state index contributed by atoms with van der Waals surface area (Å²) in [6.45, 7) is 0. The third kappa shape index (κ3) is 4.78. The number of ether oxygens (including phenoxy) is 2. The minimum absolute atomic E-state index is 0.0105. The standard InChI is InChI=1S/C18H18ClN3O9/c19-6-1-2-9(30-17-13(25)11(23)12(24)14(31-17)16(27)28)7(5-6)8-3-4-10(29-8)15(26)22-18(20)21/h1-5,11-14,17,23-25H,(H,27,28)(H4,20,21,22,26)/t11-,12-,13+,14-,17+/m0/s1. The third-order valence-corrected chi connectivity index (χ3v) is 4.55. The van der Waals surface area contributed by atoms with E-state index in [2.05, 4.69) is 4.99 Å². The summed E-state index contributed by atoms with van der Waals surface area (Å²) in [7, 11) is 0. The molecule has 1 amide bonds. The van der Waals surface area contributed by atoms with Crippen LogP contribution in [0.3, 0.4) is 0 Å². The first-order valence-electron chi connectivity index (χ1n) is 8.71. The van der Waals surface area contributed by atoms with Crippen LogP contribution in [0.4, 0.5) is 0 Å². The minimum atomic E-state index is -1.87. The first kappa shape index (κ1) is 22.5. The molecular weight excluding hydrogens is 438 g/mol. The molecule has 1 aromatic carbocycles. The van der Waals surface area contributed by atoms with Crippen molar-refractivity contribution in [3.8, 4) is 17.1 Å². The lowest BCUT2D eigenvalue weighted by atomic mass is 9.99. The Morgan fingerprint density at radius 3 is 2.42 bits per heavy atom. The molecule has 2 heterocycles. The number of rotatable bonds is 5. The molecule has 0 bridgehead atoms. The fourth-order valence-corrected chi connectivity index (χ4v) is 3.01. The molecule has 1 aliphatic heterocycles. The molecule has 1 saturated heterocycles. The second-order valence-electron chi connectivity index (χ2n) is 6.50. The second-order valence-corrected chi connectivity index (χ2v) is 6.94. The molecule has 8 N–H and O–H groups in total. The van der Waals surface area contributed by atoms with Gasteiger partial charge in [-0.1, -0.05) is 11.6 Å². The molecular formula is C18H18ClN3O9. The van der Waals surface area contributed by atoms with Gasteiger partial charge in [0, 0.05) is 5.02 Å². The lowest BCUT2D eigenvalue weighted by molar-refractivity contribution is -0.271. The normalized spacial score (nSPS) is 25.6. The van der Waals surface area contributed by atoms with Gasteiger partial charge in [-0.2, -0.15) is 4.99 Å². The zero-order chi connectivity index (χ0) is 22.9. The smallest absolute Gasteiger partial charge is 0.335 e. The molecule has 2 aromatic rings. The molecule has 0 spiro atoms. The Hall–Kier alpha value is -3.16. The molecule has 31 heavy (non-hydrogen) atoms. The summed E-state index contributed by atoms with van der Waals surface area (Å²) in [4.78, 5) is 26.5. The van der Waals surface area contributed by atoms with E-state index in [1.807, 2.05) is 0 Å². The van der Waals surface area contributed by atoms with E-state index in [4.69, 9.17) is 42.1 Å². The van der Waals surface area contributed by atoms with Crippen molar-refractivity contribution in [3.63, 3.8) is 0 Å². The third-order valence-electron chi connectivity index (χ3n) is 4.31. The molecule has 5 atom stereocenters. The highest BCUT2D eigenvalue weighted by molar-refractivity contribution is 6.31. The molecule has 0 unspecified atom stereocenters. The van der Waals surface area contributed by atoms with Gasteiger partial charge in [-0.05, 0) is 30.3 Å². The SMILES string of the molecule is NC(N)=NC(=O)c1ccc(-c2cc(Cl)ccc2O[C@@H]2O[C@H](C(=O)O)[C@@H](O)[C@H](O)[C@H]2O)o1. The number of aliphatic hydroxyl groups excluding tert-OH is 3. The van der Waals surface area contributed by atoms with Crippen molar-refractivity contribution in [1.82, 2.24) is 0 Å². The van der Waals surface area contributed by atoms with Crippen LogP contribution in [0.5, 0.6) is 5.75 Å². The van der Waals surface area contributed by atoms with Gasteiger partial charge in [-0.3, -0.25) is 4.79 Å². The Morgan fingerprint density at radius 1 is 1.06 bits per heavy atom. The minimum Gasteiger partial charge on any atom is -0.479 e. The van der Waals surface area contributed by atoms with E-state index >= 15 is 0 Å². The van der Waals surface area contributed by atoms with Crippen LogP contribution in [-0.4, -0.2) is 69.0 Å². The van der Waals surface area contributed by atoms with Crippen LogP contribution in [0.15, 0.2) is 39.7 Å². The Kier molecular flexibility index (Phi) is 6.48. The molecule has 1 fully saturated rings. The number of guanidine groups is 1. The van der Waals surface area contributed by atoms with Crippen molar-refractivity contribution in [3.05, 3.63) is 41.1 Å². The van der Waals surface area contributed by atoms with Gasteiger partial charge < -0.3 is 45.8 Å². The maximum absolute atomic E-state index is 11.9. The maximum Gasteiger partial charge on any atom is 0.335 e. The van der Waals surface area contributed by atoms with E-state index in [0.717, 1.165) is 0 Å². The summed E-state index contributed by atoms with van der Waals surface area (Å²) in [5, 5.41) is 39.3. The number of amides is 1. The summed E-state index contributed by atoms with van der Waals surface area (Å²) in [5.41, 5.74) is 10.6. The van der Waals surface area contributed by atoms with Crippen molar-refractivity contribution in [1.29, 1.82) is 0 Å². The Bertz CT molecular complexity index is 1020. The number of nitrogens with two attached hydrogens (primary N) is 2. The average Bonchev–Trinajstić information content (AvgIpc) is 3.19. The van der Waals surface area contributed by atoms with Gasteiger partial charge in [0.05, 0.1) is 5.56 Å². The van der Waals surface area contributed by atoms with E-state index in [9.17, 15) is 24.9 Å². The van der Waals surface area contributed by atoms with Crippen molar-refractivity contribution < 1.29 is 43.9 Å². The molecule has 166 valence electrons. The first-order chi connectivity index (χ1) is 14.6. The Morgan fingerprint density at radius 2 is 1.77 bits per heavy atom. The predicted molar refractivity (Wildman–Crippen MR) is 104 cm³/mol. The second kappa shape index (κ2) is 8.91. The van der Waals surface area contributed by atoms with Gasteiger partial charge in [0.25, 0.3) is 0 Å². The summed E-state index contributed by atoms with van der Waals surface area (Å²) in [5.74, 6) is -2.91. The number of halogens is 1. The molecule has 0 aliphatic carbocycles. The molecule has 13 heteroatoms. The van der Waals surface area contributed by atoms with E-state index < -0.39 is 48.5 Å². The fourth-order valence-electron chi connectivity index (χ4n) is 2.84. The number of aliphatic imine (C=N–C) groups is 1. The number of carbonyl (C=O) groups is 2. The number of nitrogens with zero attached hydrogens (tertiary/aromatic N) is 1. The van der Waals surface area contributed by atoms with Crippen molar-refractivity contribution in [2.24, 2.45) is 16.5 Å². The first-order valence-corrected chi connectivity index (χ1v) is 9.09. The number of hydrogen-bond donors (Lipinski definition) is 6. The quantitative estimate of drug-likeness (QED) is 0.244. The summed E-state index contributed by atoms with van der Waals surface area (Å²) in [6.07, 6.45) is -8.98. The monoisotopic (exact) mass is 455 g/mol. The number of aliphatic hydroxyl groups is 3. The van der Waals surface area contributed by atoms with Gasteiger partial charge in [-0.15, -0.1) is 0 Å². The number of aliphatic carboxylic acids is 1. The van der Waals surface area contributed by atoms with Crippen LogP contribution in [0.2, 0.25) is 5.02 Å². The zero-order valence-electron chi connectivity index (χ0n) is 15.6. The van der Waals surface area contributed by atoms with Crippen LogP contribution < -0.4 is 16.2 Å². The molecule has 1 aromatic heterocycles. The van der Waals surface area contributed by atoms with Crippen LogP contribution >= 0.6 is 11.6 Å². The van der Waals surface area contributed by atoms with E-state index in [1.54, 1.807) is 0 Å². The largest absolute Gasteiger partial charge is 0.479 e. The van der Waals surface area contributed by atoms with Gasteiger partial charge in [0.2, 0.25) is 6.29 Å². The Labute approximate surface area is 179 Å². The number of furan rings is 1. The highest BCUT2D eigenvalue weighted by atomic mass is 35.5. The van der Waals surface area contributed by atoms with Gasteiger partial charge in [-0.25, -0.2) is 4.79 Å². The summed E-state index contributed by atoms with van der Waals surface area (Å²) < 4.78 is 16.1. The lowest BCUT2D eigenvalue weighted by Gasteiger charge is -2.38. The number of carboxylic acids is 1. The van der Waals surface area contributed by atoms with E-state index in [0.29, 0.717) is 0 Å². The van der Waals surface area contributed by atoms with Crippen molar-refractivity contribution in [2.45, 2.75) is 30.7 Å². The molecule has 3 rings (SSSR count). The van der Waals surface area contributed by atoms with Crippen molar-refractivity contribution >= 4 is 29.4 Å². The summed E-state index contributed by atoms with van der Waals surface area (Å²) in [6, 6.07) is 6.94. The fraction of sp³-hybridized carbons (Fsp3) is 0.278. The number of hydrogen-bond acceptors (Lipinski definition) is 8. The van der Waals surface area contributed by atoms with Gasteiger partial charge >= 0.3 is 11.9 Å². The number of carbonyl (C=O) groups excluding carboxylic acids is 1. The van der Waals surface area contributed by atoms with Crippen LogP contribution in [0, 0.1) is 0 Å². The zero-order valence-corrected chi connectivity index (χ0v) is 16.3. The van der Waals surface area contributed by atoms with Crippen molar-refractivity contribution in [2.75, 3.05) is 0 Å². The topological polar surface area (TPSA) is 211 Å². The maximum atomic E-state index is 11.9. The predicted octanol–water partition coefficient (Wildman–Crippen LogP) is -0.715. The van der Waals surface area contributed by atoms with E-state index in [1.165, 1.54) is 30.3 Å². The molecule has 1 aliphatic rings. The average molecular weight is 456 g/mol. The summed E-state index contributed by atoms with van der Waals surface area (Å²) >= 11 is 6.03. The number of carboxylic acid groups (broad SMARTS) is 1. The lowest BCUT2D eigenvalue weighted by Crippen LogP contribution is -2.61. The highest BCUT2D eigenvalue weighted by Gasteiger charge is 2.48. The molecule has 12 nitrogen and oxygen atoms in total. The Balaban J connectivity index is 1.92. The van der Waals surface area contributed by atoms with E-state index in [-0.39, 0.29) is 27.9 Å². The van der Waals surface area contributed by atoms with Crippen LogP contribution in [0.1, 0.15) is 10.6 Å². The van der Waals surface area contributed by atoms with Crippen LogP contribution in [-0.2, 0) is 9.53 Å². The van der Waals surface area contributed by atoms with Gasteiger partial charge in [0.15, 0.2) is 17.8 Å².